The van der Waals surface area contributed by atoms with Gasteiger partial charge in [0.1, 0.15) is 12.3 Å². The van der Waals surface area contributed by atoms with E-state index in [-0.39, 0.29) is 9.92 Å². The molecule has 0 spiro atoms. The Morgan fingerprint density at radius 3 is 2.27 bits per heavy atom. The van der Waals surface area contributed by atoms with Crippen molar-refractivity contribution in [2.45, 2.75) is 4.90 Å². The summed E-state index contributed by atoms with van der Waals surface area (Å²) in [7, 11) is -1.50. The number of halogens is 1. The Morgan fingerprint density at radius 2 is 1.63 bits per heavy atom. The molecule has 30 heavy (non-hydrogen) atoms. The smallest absolute Gasteiger partial charge is 0.326 e. The number of para-hydroxylation sites is 1. The molecule has 0 aromatic heterocycles. The van der Waals surface area contributed by atoms with E-state index in [1.165, 1.54) is 32.4 Å². The number of hydrogen-bond acceptors (Lipinski definition) is 5. The number of rotatable bonds is 7. The van der Waals surface area contributed by atoms with Gasteiger partial charge < -0.3 is 9.47 Å². The van der Waals surface area contributed by atoms with Crippen LogP contribution in [0, 0.1) is 0 Å². The predicted octanol–water partition coefficient (Wildman–Crippen LogP) is 4.38. The lowest BCUT2D eigenvalue weighted by molar-refractivity contribution is -0.138. The van der Waals surface area contributed by atoms with E-state index in [1.807, 2.05) is 30.3 Å². The molecule has 0 saturated heterocycles. The molecule has 6 nitrogen and oxygen atoms in total. The average Bonchev–Trinajstić information content (AvgIpc) is 2.77. The number of nitrogens with zero attached hydrogens (tertiary/aromatic N) is 1. The van der Waals surface area contributed by atoms with Crippen LogP contribution in [0.3, 0.4) is 0 Å². The fraction of sp³-hybridized carbons (Fsp3) is 0.136. The Kier molecular flexibility index (Phi) is 6.64. The Balaban J connectivity index is 2.18. The number of anilines is 1. The Bertz CT molecular complexity index is 1150. The van der Waals surface area contributed by atoms with Gasteiger partial charge in [-0.15, -0.1) is 0 Å². The third kappa shape index (κ3) is 4.42. The van der Waals surface area contributed by atoms with Crippen LogP contribution in [-0.2, 0) is 19.6 Å². The van der Waals surface area contributed by atoms with Crippen LogP contribution < -0.4 is 9.04 Å². The monoisotopic (exact) mass is 445 g/mol. The van der Waals surface area contributed by atoms with Crippen molar-refractivity contribution in [1.29, 1.82) is 0 Å². The molecule has 0 unspecified atom stereocenters. The minimum atomic E-state index is -4.14. The van der Waals surface area contributed by atoms with Crippen LogP contribution in [0.5, 0.6) is 5.75 Å². The highest BCUT2D eigenvalue weighted by Crippen LogP contribution is 2.35. The number of carbonyl (C=O) groups excluding carboxylic acids is 1. The van der Waals surface area contributed by atoms with Crippen LogP contribution in [0.1, 0.15) is 0 Å². The van der Waals surface area contributed by atoms with Crippen LogP contribution in [0.4, 0.5) is 5.69 Å². The van der Waals surface area contributed by atoms with Gasteiger partial charge in [0.15, 0.2) is 0 Å². The maximum Gasteiger partial charge on any atom is 0.326 e. The van der Waals surface area contributed by atoms with Gasteiger partial charge in [-0.1, -0.05) is 60.1 Å². The van der Waals surface area contributed by atoms with E-state index in [2.05, 4.69) is 0 Å². The van der Waals surface area contributed by atoms with Crippen molar-refractivity contribution in [3.05, 3.63) is 77.8 Å². The third-order valence-electron chi connectivity index (χ3n) is 4.47. The van der Waals surface area contributed by atoms with E-state index in [1.54, 1.807) is 24.3 Å². The summed E-state index contributed by atoms with van der Waals surface area (Å²) in [6.45, 7) is -0.494. The number of sulfonamides is 1. The highest BCUT2D eigenvalue weighted by atomic mass is 35.5. The molecule has 0 radical (unpaired) electrons. The molecule has 0 amide bonds. The minimum absolute atomic E-state index is 0.0694. The lowest BCUT2D eigenvalue weighted by atomic mass is 10.0. The van der Waals surface area contributed by atoms with Crippen LogP contribution in [0.25, 0.3) is 11.1 Å². The average molecular weight is 446 g/mol. The first-order chi connectivity index (χ1) is 14.4. The summed E-state index contributed by atoms with van der Waals surface area (Å²) in [6, 6.07) is 20.4. The van der Waals surface area contributed by atoms with E-state index in [4.69, 9.17) is 21.1 Å². The van der Waals surface area contributed by atoms with Crippen LogP contribution in [-0.4, -0.2) is 35.2 Å². The first-order valence-electron chi connectivity index (χ1n) is 8.96. The van der Waals surface area contributed by atoms with Gasteiger partial charge in [0.25, 0.3) is 10.0 Å². The lowest BCUT2D eigenvalue weighted by Gasteiger charge is -2.26. The summed E-state index contributed by atoms with van der Waals surface area (Å²) in [5.41, 5.74) is 1.82. The normalized spacial score (nSPS) is 11.0. The maximum atomic E-state index is 13.5. The SMILES string of the molecule is COC(=O)CN(c1ccccc1-c1ccccc1)S(=O)(=O)c1ccc(OC)c(Cl)c1. The number of hydrogen-bond donors (Lipinski definition) is 0. The van der Waals surface area contributed by atoms with Gasteiger partial charge in [-0.3, -0.25) is 9.10 Å². The molecular formula is C22H20ClNO5S. The number of esters is 1. The van der Waals surface area contributed by atoms with Crippen molar-refractivity contribution in [2.75, 3.05) is 25.1 Å². The number of benzene rings is 3. The molecule has 0 aliphatic carbocycles. The van der Waals surface area contributed by atoms with Gasteiger partial charge in [-0.2, -0.15) is 0 Å². The number of ether oxygens (including phenoxy) is 2. The molecule has 3 rings (SSSR count). The largest absolute Gasteiger partial charge is 0.495 e. The van der Waals surface area contributed by atoms with E-state index < -0.39 is 22.5 Å². The highest BCUT2D eigenvalue weighted by molar-refractivity contribution is 7.92. The zero-order valence-corrected chi connectivity index (χ0v) is 18.0. The highest BCUT2D eigenvalue weighted by Gasteiger charge is 2.30. The third-order valence-corrected chi connectivity index (χ3v) is 6.52. The molecule has 0 N–H and O–H groups in total. The lowest BCUT2D eigenvalue weighted by Crippen LogP contribution is -2.36. The molecule has 8 heteroatoms. The number of carbonyl (C=O) groups is 1. The Labute approximate surface area is 180 Å². The van der Waals surface area contributed by atoms with Gasteiger partial charge in [0.2, 0.25) is 0 Å². The van der Waals surface area contributed by atoms with E-state index in [9.17, 15) is 13.2 Å². The van der Waals surface area contributed by atoms with Crippen molar-refractivity contribution >= 4 is 33.3 Å². The molecular weight excluding hydrogens is 426 g/mol. The van der Waals surface area contributed by atoms with Gasteiger partial charge in [-0.05, 0) is 29.8 Å². The molecule has 156 valence electrons. The fourth-order valence-electron chi connectivity index (χ4n) is 2.97. The first-order valence-corrected chi connectivity index (χ1v) is 10.8. The topological polar surface area (TPSA) is 72.9 Å². The van der Waals surface area contributed by atoms with Crippen molar-refractivity contribution in [1.82, 2.24) is 0 Å². The molecule has 0 atom stereocenters. The molecule has 0 aliphatic rings. The van der Waals surface area contributed by atoms with Crippen molar-refractivity contribution in [2.24, 2.45) is 0 Å². The summed E-state index contributed by atoms with van der Waals surface area (Å²) >= 11 is 6.15. The van der Waals surface area contributed by atoms with E-state index in [0.717, 1.165) is 9.87 Å². The summed E-state index contributed by atoms with van der Waals surface area (Å²) < 4.78 is 38.0. The molecule has 0 fully saturated rings. The van der Waals surface area contributed by atoms with E-state index >= 15 is 0 Å². The standard InChI is InChI=1S/C22H20ClNO5S/c1-28-21-13-12-17(14-19(21)23)30(26,27)24(15-22(25)29-2)20-11-7-6-10-18(20)16-8-4-3-5-9-16/h3-14H,15H2,1-2H3. The van der Waals surface area contributed by atoms with Gasteiger partial charge in [0.05, 0.1) is 29.8 Å². The van der Waals surface area contributed by atoms with Gasteiger partial charge in [0, 0.05) is 5.56 Å². The quantitative estimate of drug-likeness (QED) is 0.504. The Hall–Kier alpha value is -3.03. The van der Waals surface area contributed by atoms with Gasteiger partial charge in [-0.25, -0.2) is 8.42 Å². The van der Waals surface area contributed by atoms with Crippen molar-refractivity contribution < 1.29 is 22.7 Å². The van der Waals surface area contributed by atoms with Gasteiger partial charge >= 0.3 is 5.97 Å². The summed E-state index contributed by atoms with van der Waals surface area (Å²) in [5, 5.41) is 0.146. The second-order valence-electron chi connectivity index (χ2n) is 6.27. The first kappa shape index (κ1) is 21.7. The Morgan fingerprint density at radius 1 is 0.967 bits per heavy atom. The zero-order chi connectivity index (χ0) is 21.7. The zero-order valence-electron chi connectivity index (χ0n) is 16.4. The molecule has 3 aromatic rings. The van der Waals surface area contributed by atoms with Crippen LogP contribution >= 0.6 is 11.6 Å². The summed E-state index contributed by atoms with van der Waals surface area (Å²) in [6.07, 6.45) is 0. The maximum absolute atomic E-state index is 13.5. The molecule has 0 saturated carbocycles. The minimum Gasteiger partial charge on any atom is -0.495 e. The summed E-state index contributed by atoms with van der Waals surface area (Å²) in [4.78, 5) is 12.0. The second-order valence-corrected chi connectivity index (χ2v) is 8.54. The van der Waals surface area contributed by atoms with Crippen LogP contribution in [0.2, 0.25) is 5.02 Å². The van der Waals surface area contributed by atoms with Crippen LogP contribution in [0.15, 0.2) is 77.7 Å². The molecule has 3 aromatic carbocycles. The number of methoxy groups -OCH3 is 2. The predicted molar refractivity (Wildman–Crippen MR) is 116 cm³/mol. The molecule has 0 bridgehead atoms. The fourth-order valence-corrected chi connectivity index (χ4v) is 4.75. The summed E-state index contributed by atoms with van der Waals surface area (Å²) in [5.74, 6) is -0.346. The van der Waals surface area contributed by atoms with Crippen molar-refractivity contribution in [3.8, 4) is 16.9 Å². The van der Waals surface area contributed by atoms with Crippen molar-refractivity contribution in [3.63, 3.8) is 0 Å². The molecule has 0 aliphatic heterocycles. The molecule has 0 heterocycles. The van der Waals surface area contributed by atoms with E-state index in [0.29, 0.717) is 17.0 Å². The second kappa shape index (κ2) is 9.19.